The molecule has 0 unspecified atom stereocenters. The van der Waals surface area contributed by atoms with E-state index in [9.17, 15) is 0 Å². The summed E-state index contributed by atoms with van der Waals surface area (Å²) < 4.78 is 5.96. The zero-order chi connectivity index (χ0) is 16.9. The normalized spacial score (nSPS) is 12.2. The van der Waals surface area contributed by atoms with Gasteiger partial charge in [0.05, 0.1) is 5.54 Å². The number of para-hydroxylation sites is 1. The minimum absolute atomic E-state index is 0.660. The van der Waals surface area contributed by atoms with Crippen molar-refractivity contribution < 1.29 is 4.42 Å². The molecule has 0 fully saturated rings. The number of furan rings is 1. The third-order valence-electron chi connectivity index (χ3n) is 4.79. The Kier molecular flexibility index (Phi) is 3.31. The Morgan fingerprint density at radius 3 is 2.08 bits per heavy atom. The summed E-state index contributed by atoms with van der Waals surface area (Å²) in [7, 11) is 0. The summed E-state index contributed by atoms with van der Waals surface area (Å²) in [6.45, 7) is 0. The van der Waals surface area contributed by atoms with Crippen LogP contribution in [0.1, 0.15) is 16.7 Å². The fourth-order valence-electron chi connectivity index (χ4n) is 3.45. The van der Waals surface area contributed by atoms with Crippen molar-refractivity contribution in [2.45, 2.75) is 5.54 Å². The van der Waals surface area contributed by atoms with E-state index in [0.717, 1.165) is 38.6 Å². The van der Waals surface area contributed by atoms with Crippen LogP contribution in [-0.4, -0.2) is 0 Å². The van der Waals surface area contributed by atoms with Crippen LogP contribution in [0.2, 0.25) is 0 Å². The number of thiophene rings is 2. The second kappa shape index (κ2) is 5.56. The van der Waals surface area contributed by atoms with E-state index in [4.69, 9.17) is 10.2 Å². The van der Waals surface area contributed by atoms with E-state index in [1.54, 1.807) is 22.7 Å². The number of hydrogen-bond donors (Lipinski definition) is 1. The Hall–Kier alpha value is -2.40. The average molecular weight is 361 g/mol. The van der Waals surface area contributed by atoms with Gasteiger partial charge in [-0.2, -0.15) is 22.7 Å². The maximum absolute atomic E-state index is 7.04. The third kappa shape index (κ3) is 2.19. The molecule has 0 bridgehead atoms. The lowest BCUT2D eigenvalue weighted by molar-refractivity contribution is 0.654. The van der Waals surface area contributed by atoms with Crippen molar-refractivity contribution in [2.24, 2.45) is 5.73 Å². The fourth-order valence-corrected chi connectivity index (χ4v) is 4.88. The molecule has 2 N–H and O–H groups in total. The molecule has 0 aliphatic rings. The van der Waals surface area contributed by atoms with Crippen LogP contribution in [0.5, 0.6) is 0 Å². The van der Waals surface area contributed by atoms with Crippen LogP contribution in [0, 0.1) is 0 Å². The van der Waals surface area contributed by atoms with E-state index in [1.165, 1.54) is 0 Å². The fraction of sp³-hybridized carbons (Fsp3) is 0.0476. The van der Waals surface area contributed by atoms with Crippen molar-refractivity contribution in [3.8, 4) is 0 Å². The molecule has 2 aromatic carbocycles. The predicted molar refractivity (Wildman–Crippen MR) is 106 cm³/mol. The molecule has 3 aromatic heterocycles. The molecule has 2 nitrogen and oxygen atoms in total. The van der Waals surface area contributed by atoms with Crippen molar-refractivity contribution in [1.29, 1.82) is 0 Å². The van der Waals surface area contributed by atoms with Gasteiger partial charge in [0.15, 0.2) is 0 Å². The lowest BCUT2D eigenvalue weighted by atomic mass is 9.80. The third-order valence-corrected chi connectivity index (χ3v) is 6.15. The molecule has 3 heterocycles. The Labute approximate surface area is 153 Å². The first kappa shape index (κ1) is 14.9. The van der Waals surface area contributed by atoms with Gasteiger partial charge in [-0.1, -0.05) is 24.3 Å². The van der Waals surface area contributed by atoms with E-state index in [0.29, 0.717) is 0 Å². The molecule has 0 aliphatic carbocycles. The molecule has 0 atom stereocenters. The van der Waals surface area contributed by atoms with Gasteiger partial charge in [0.2, 0.25) is 0 Å². The van der Waals surface area contributed by atoms with E-state index < -0.39 is 5.54 Å². The number of fused-ring (bicyclic) bond motifs is 3. The van der Waals surface area contributed by atoms with Crippen molar-refractivity contribution in [3.05, 3.63) is 92.8 Å². The van der Waals surface area contributed by atoms with Crippen LogP contribution < -0.4 is 5.73 Å². The van der Waals surface area contributed by atoms with Crippen LogP contribution in [0.15, 0.2) is 80.5 Å². The maximum Gasteiger partial charge on any atom is 0.135 e. The van der Waals surface area contributed by atoms with Gasteiger partial charge in [0.1, 0.15) is 11.2 Å². The molecule has 0 aliphatic heterocycles. The van der Waals surface area contributed by atoms with Gasteiger partial charge in [-0.15, -0.1) is 0 Å². The van der Waals surface area contributed by atoms with E-state index in [-0.39, 0.29) is 0 Å². The van der Waals surface area contributed by atoms with E-state index in [2.05, 4.69) is 51.9 Å². The topological polar surface area (TPSA) is 39.2 Å². The first-order chi connectivity index (χ1) is 12.3. The second-order valence-corrected chi connectivity index (χ2v) is 7.70. The standard InChI is InChI=1S/C21H15NOS2/c22-21(15-7-9-24-12-15,16-8-10-25-13-16)14-5-6-20-18(11-14)17-3-1-2-4-19(17)23-20/h1-13H,22H2. The van der Waals surface area contributed by atoms with E-state index in [1.807, 2.05) is 24.3 Å². The van der Waals surface area contributed by atoms with Crippen LogP contribution in [0.3, 0.4) is 0 Å². The predicted octanol–water partition coefficient (Wildman–Crippen LogP) is 5.96. The summed E-state index contributed by atoms with van der Waals surface area (Å²) in [5.41, 5.74) is 11.5. The second-order valence-electron chi connectivity index (χ2n) is 6.14. The summed E-state index contributed by atoms with van der Waals surface area (Å²) in [5.74, 6) is 0. The van der Waals surface area contributed by atoms with Crippen molar-refractivity contribution in [1.82, 2.24) is 0 Å². The first-order valence-electron chi connectivity index (χ1n) is 8.03. The van der Waals surface area contributed by atoms with Crippen molar-refractivity contribution in [3.63, 3.8) is 0 Å². The van der Waals surface area contributed by atoms with Crippen LogP contribution in [0.4, 0.5) is 0 Å². The average Bonchev–Trinajstić information content (AvgIpc) is 3.41. The molecular weight excluding hydrogens is 346 g/mol. The van der Waals surface area contributed by atoms with Crippen LogP contribution >= 0.6 is 22.7 Å². The number of rotatable bonds is 3. The molecule has 122 valence electrons. The number of nitrogens with two attached hydrogens (primary N) is 1. The lowest BCUT2D eigenvalue weighted by Crippen LogP contribution is -2.38. The highest BCUT2D eigenvalue weighted by Gasteiger charge is 2.33. The van der Waals surface area contributed by atoms with Crippen molar-refractivity contribution in [2.75, 3.05) is 0 Å². The van der Waals surface area contributed by atoms with Gasteiger partial charge in [0.25, 0.3) is 0 Å². The molecule has 0 radical (unpaired) electrons. The summed E-state index contributed by atoms with van der Waals surface area (Å²) >= 11 is 3.34. The van der Waals surface area contributed by atoms with Gasteiger partial charge in [-0.05, 0) is 68.5 Å². The molecule has 0 saturated carbocycles. The van der Waals surface area contributed by atoms with Crippen LogP contribution in [-0.2, 0) is 5.54 Å². The smallest absolute Gasteiger partial charge is 0.135 e. The number of hydrogen-bond acceptors (Lipinski definition) is 4. The monoisotopic (exact) mass is 361 g/mol. The minimum atomic E-state index is -0.660. The Balaban J connectivity index is 1.81. The summed E-state index contributed by atoms with van der Waals surface area (Å²) in [6.07, 6.45) is 0. The van der Waals surface area contributed by atoms with Gasteiger partial charge < -0.3 is 10.2 Å². The quantitative estimate of drug-likeness (QED) is 0.431. The molecule has 0 saturated heterocycles. The maximum atomic E-state index is 7.04. The number of benzene rings is 2. The van der Waals surface area contributed by atoms with Crippen molar-refractivity contribution >= 4 is 44.6 Å². The molecule has 0 spiro atoms. The molecule has 5 aromatic rings. The zero-order valence-electron chi connectivity index (χ0n) is 13.3. The molecule has 0 amide bonds. The van der Waals surface area contributed by atoms with Gasteiger partial charge in [-0.3, -0.25) is 0 Å². The SMILES string of the molecule is NC(c1ccsc1)(c1ccsc1)c1ccc2oc3ccccc3c2c1. The van der Waals surface area contributed by atoms with Gasteiger partial charge >= 0.3 is 0 Å². The first-order valence-corrected chi connectivity index (χ1v) is 9.91. The summed E-state index contributed by atoms with van der Waals surface area (Å²) in [4.78, 5) is 0. The summed E-state index contributed by atoms with van der Waals surface area (Å²) in [6, 6.07) is 18.6. The zero-order valence-corrected chi connectivity index (χ0v) is 14.9. The van der Waals surface area contributed by atoms with Gasteiger partial charge in [0, 0.05) is 10.8 Å². The Morgan fingerprint density at radius 1 is 0.720 bits per heavy atom. The highest BCUT2D eigenvalue weighted by atomic mass is 32.1. The molecule has 5 rings (SSSR count). The van der Waals surface area contributed by atoms with Gasteiger partial charge in [-0.25, -0.2) is 0 Å². The Bertz CT molecular complexity index is 1120. The highest BCUT2D eigenvalue weighted by Crippen LogP contribution is 2.39. The lowest BCUT2D eigenvalue weighted by Gasteiger charge is -2.29. The summed E-state index contributed by atoms with van der Waals surface area (Å²) in [5, 5.41) is 10.7. The molecule has 25 heavy (non-hydrogen) atoms. The van der Waals surface area contributed by atoms with Crippen LogP contribution in [0.25, 0.3) is 21.9 Å². The largest absolute Gasteiger partial charge is 0.456 e. The Morgan fingerprint density at radius 2 is 1.40 bits per heavy atom. The minimum Gasteiger partial charge on any atom is -0.456 e. The molecular formula is C21H15NOS2. The van der Waals surface area contributed by atoms with E-state index >= 15 is 0 Å². The molecule has 4 heteroatoms. The highest BCUT2D eigenvalue weighted by molar-refractivity contribution is 7.08.